The molecule has 0 bridgehead atoms. The van der Waals surface area contributed by atoms with Crippen molar-refractivity contribution in [1.29, 1.82) is 0 Å². The van der Waals surface area contributed by atoms with Gasteiger partial charge in [-0.2, -0.15) is 0 Å². The van der Waals surface area contributed by atoms with Crippen molar-refractivity contribution in [3.8, 4) is 0 Å². The molecule has 1 atom stereocenters. The molecule has 1 aromatic rings. The van der Waals surface area contributed by atoms with Crippen molar-refractivity contribution >= 4 is 37.8 Å². The van der Waals surface area contributed by atoms with Crippen molar-refractivity contribution in [3.63, 3.8) is 0 Å². The van der Waals surface area contributed by atoms with Crippen LogP contribution in [0.5, 0.6) is 0 Å². The Balaban J connectivity index is 1.69. The lowest BCUT2D eigenvalue weighted by molar-refractivity contribution is -0.125. The van der Waals surface area contributed by atoms with Crippen molar-refractivity contribution in [3.05, 3.63) is 18.2 Å². The molecule has 0 saturated heterocycles. The molecule has 2 rings (SSSR count). The molecule has 1 aliphatic rings. The molecule has 1 amide bonds. The van der Waals surface area contributed by atoms with Crippen molar-refractivity contribution in [2.45, 2.75) is 36.5 Å². The number of carbonyl (C=O) groups is 1. The fourth-order valence-corrected chi connectivity index (χ4v) is 3.38. The topological polar surface area (TPSA) is 46.9 Å². The number of nitrogens with one attached hydrogen (secondary N) is 1. The summed E-state index contributed by atoms with van der Waals surface area (Å²) < 4.78 is 1.83. The lowest BCUT2D eigenvalue weighted by Crippen LogP contribution is -2.34. The van der Waals surface area contributed by atoms with Crippen molar-refractivity contribution in [2.24, 2.45) is 5.41 Å². The van der Waals surface area contributed by atoms with Crippen molar-refractivity contribution in [1.82, 2.24) is 14.9 Å². The first-order valence-corrected chi connectivity index (χ1v) is 7.58. The third kappa shape index (κ3) is 2.79. The van der Waals surface area contributed by atoms with E-state index in [1.807, 2.05) is 30.9 Å². The van der Waals surface area contributed by atoms with Crippen LogP contribution in [0.1, 0.15) is 25.5 Å². The molecule has 1 heterocycles. The van der Waals surface area contributed by atoms with Crippen LogP contribution in [0.3, 0.4) is 0 Å². The summed E-state index contributed by atoms with van der Waals surface area (Å²) >= 11 is 7.00. The number of alkyl halides is 2. The third-order valence-corrected chi connectivity index (χ3v) is 5.71. The lowest BCUT2D eigenvalue weighted by atomic mass is 10.1. The van der Waals surface area contributed by atoms with Crippen LogP contribution in [0.4, 0.5) is 0 Å². The number of carbonyl (C=O) groups excluding carboxylic acids is 1. The van der Waals surface area contributed by atoms with E-state index in [1.165, 1.54) is 0 Å². The molecular weight excluding hydrogens is 362 g/mol. The fourth-order valence-electron chi connectivity index (χ4n) is 1.90. The van der Waals surface area contributed by atoms with Gasteiger partial charge in [-0.25, -0.2) is 4.98 Å². The highest BCUT2D eigenvalue weighted by Gasteiger charge is 2.66. The molecule has 6 heteroatoms. The van der Waals surface area contributed by atoms with Crippen LogP contribution in [0.15, 0.2) is 12.5 Å². The first-order chi connectivity index (χ1) is 8.35. The number of amides is 1. The maximum absolute atomic E-state index is 12.0. The highest BCUT2D eigenvalue weighted by Crippen LogP contribution is 2.66. The number of imidazole rings is 1. The molecule has 0 radical (unpaired) electrons. The number of nitrogens with zero attached hydrogens (tertiary/aromatic N) is 2. The van der Waals surface area contributed by atoms with Gasteiger partial charge < -0.3 is 9.88 Å². The van der Waals surface area contributed by atoms with Gasteiger partial charge in [0, 0.05) is 19.3 Å². The fraction of sp³-hybridized carbons (Fsp3) is 0.667. The molecule has 1 N–H and O–H groups in total. The molecule has 1 fully saturated rings. The van der Waals surface area contributed by atoms with Gasteiger partial charge in [0.2, 0.25) is 5.91 Å². The molecule has 0 aliphatic heterocycles. The van der Waals surface area contributed by atoms with Gasteiger partial charge in [-0.05, 0) is 26.7 Å². The van der Waals surface area contributed by atoms with E-state index in [-0.39, 0.29) is 14.6 Å². The molecule has 1 aromatic heterocycles. The minimum atomic E-state index is -0.321. The zero-order valence-corrected chi connectivity index (χ0v) is 13.7. The van der Waals surface area contributed by atoms with E-state index < -0.39 is 0 Å². The Morgan fingerprint density at radius 2 is 2.28 bits per heavy atom. The van der Waals surface area contributed by atoms with E-state index in [0.717, 1.165) is 25.1 Å². The summed E-state index contributed by atoms with van der Waals surface area (Å²) in [5.74, 6) is 0.109. The number of aryl methyl sites for hydroxylation is 2. The van der Waals surface area contributed by atoms with Crippen LogP contribution in [0.25, 0.3) is 0 Å². The molecule has 1 unspecified atom stereocenters. The van der Waals surface area contributed by atoms with Gasteiger partial charge in [-0.3, -0.25) is 4.79 Å². The third-order valence-electron chi connectivity index (χ3n) is 3.40. The Bertz CT molecular complexity index is 458. The predicted octanol–water partition coefficient (Wildman–Crippen LogP) is 2.59. The SMILES string of the molecule is Cc1cn(CCCNC(=O)C2(C)CC2(Br)Br)cn1. The van der Waals surface area contributed by atoms with Crippen LogP contribution in [-0.4, -0.2) is 25.2 Å². The van der Waals surface area contributed by atoms with E-state index >= 15 is 0 Å². The smallest absolute Gasteiger partial charge is 0.228 e. The summed E-state index contributed by atoms with van der Waals surface area (Å²) in [7, 11) is 0. The quantitative estimate of drug-likeness (QED) is 0.632. The van der Waals surface area contributed by atoms with Gasteiger partial charge in [0.15, 0.2) is 0 Å². The van der Waals surface area contributed by atoms with E-state index in [2.05, 4.69) is 42.2 Å². The summed E-state index contributed by atoms with van der Waals surface area (Å²) in [6.45, 7) is 5.51. The molecule has 18 heavy (non-hydrogen) atoms. The average molecular weight is 379 g/mol. The van der Waals surface area contributed by atoms with E-state index in [4.69, 9.17) is 0 Å². The van der Waals surface area contributed by atoms with E-state index in [0.29, 0.717) is 6.54 Å². The lowest BCUT2D eigenvalue weighted by Gasteiger charge is -2.13. The largest absolute Gasteiger partial charge is 0.355 e. The number of rotatable bonds is 5. The van der Waals surface area contributed by atoms with Crippen LogP contribution in [0.2, 0.25) is 0 Å². The first kappa shape index (κ1) is 14.1. The van der Waals surface area contributed by atoms with Gasteiger partial charge in [-0.15, -0.1) is 0 Å². The van der Waals surface area contributed by atoms with Gasteiger partial charge in [0.1, 0.15) is 0 Å². The molecular formula is C12H17Br2N3O. The normalized spacial score (nSPS) is 24.9. The summed E-state index contributed by atoms with van der Waals surface area (Å²) in [6, 6.07) is 0. The van der Waals surface area contributed by atoms with E-state index in [1.54, 1.807) is 0 Å². The van der Waals surface area contributed by atoms with Crippen LogP contribution in [0, 0.1) is 12.3 Å². The number of hydrogen-bond acceptors (Lipinski definition) is 2. The number of hydrogen-bond donors (Lipinski definition) is 1. The van der Waals surface area contributed by atoms with Gasteiger partial charge in [0.25, 0.3) is 0 Å². The molecule has 1 aliphatic carbocycles. The summed E-state index contributed by atoms with van der Waals surface area (Å²) in [6.07, 6.45) is 5.56. The predicted molar refractivity (Wildman–Crippen MR) is 77.9 cm³/mol. The monoisotopic (exact) mass is 377 g/mol. The van der Waals surface area contributed by atoms with Crippen molar-refractivity contribution in [2.75, 3.05) is 6.54 Å². The van der Waals surface area contributed by atoms with Crippen molar-refractivity contribution < 1.29 is 4.79 Å². The number of aromatic nitrogens is 2. The second kappa shape index (κ2) is 4.96. The molecule has 0 aromatic carbocycles. The summed E-state index contributed by atoms with van der Waals surface area (Å²) in [5.41, 5.74) is 0.700. The molecule has 4 nitrogen and oxygen atoms in total. The molecule has 1 saturated carbocycles. The Hall–Kier alpha value is -0.360. The summed E-state index contributed by atoms with van der Waals surface area (Å²) in [4.78, 5) is 16.1. The minimum absolute atomic E-state index is 0.109. The van der Waals surface area contributed by atoms with Gasteiger partial charge >= 0.3 is 0 Å². The second-order valence-electron chi connectivity index (χ2n) is 5.08. The maximum Gasteiger partial charge on any atom is 0.228 e. The van der Waals surface area contributed by atoms with Crippen LogP contribution in [-0.2, 0) is 11.3 Å². The molecule has 0 spiro atoms. The van der Waals surface area contributed by atoms with Crippen LogP contribution < -0.4 is 5.32 Å². The Labute approximate surface area is 124 Å². The first-order valence-electron chi connectivity index (χ1n) is 6.00. The average Bonchev–Trinajstić information content (AvgIpc) is 2.63. The number of halogens is 2. The Kier molecular flexibility index (Phi) is 3.88. The zero-order chi connectivity index (χ0) is 13.4. The van der Waals surface area contributed by atoms with Crippen LogP contribution >= 0.6 is 31.9 Å². The van der Waals surface area contributed by atoms with Gasteiger partial charge in [0.05, 0.1) is 20.7 Å². The molecule has 100 valence electrons. The zero-order valence-electron chi connectivity index (χ0n) is 10.5. The Morgan fingerprint density at radius 3 is 2.78 bits per heavy atom. The minimum Gasteiger partial charge on any atom is -0.355 e. The highest BCUT2D eigenvalue weighted by molar-refractivity contribution is 9.25. The standard InChI is InChI=1S/C12H17Br2N3O/c1-9-6-17(8-16-9)5-3-4-15-10(18)11(2)7-12(11,13)14/h6,8H,3-5,7H2,1-2H3,(H,15,18). The maximum atomic E-state index is 12.0. The summed E-state index contributed by atoms with van der Waals surface area (Å²) in [5, 5.41) is 2.99. The second-order valence-corrected chi connectivity index (χ2v) is 8.85. The Morgan fingerprint density at radius 1 is 1.61 bits per heavy atom. The highest BCUT2D eigenvalue weighted by atomic mass is 79.9. The van der Waals surface area contributed by atoms with Gasteiger partial charge in [-0.1, -0.05) is 31.9 Å². The van der Waals surface area contributed by atoms with E-state index in [9.17, 15) is 4.79 Å².